The van der Waals surface area contributed by atoms with Crippen LogP contribution in [-0.4, -0.2) is 54.9 Å². The predicted octanol–water partition coefficient (Wildman–Crippen LogP) is 2.03. The van der Waals surface area contributed by atoms with Gasteiger partial charge >= 0.3 is 0 Å². The van der Waals surface area contributed by atoms with Gasteiger partial charge in [-0.15, -0.1) is 0 Å². The molecule has 1 aromatic carbocycles. The van der Waals surface area contributed by atoms with Crippen molar-refractivity contribution in [1.82, 2.24) is 14.1 Å². The van der Waals surface area contributed by atoms with Gasteiger partial charge in [-0.25, -0.2) is 17.1 Å². The highest BCUT2D eigenvalue weighted by Gasteiger charge is 2.21. The largest absolute Gasteiger partial charge is 0.396 e. The van der Waals surface area contributed by atoms with Gasteiger partial charge in [0.05, 0.1) is 17.3 Å². The van der Waals surface area contributed by atoms with Crippen LogP contribution in [0.15, 0.2) is 35.0 Å². The summed E-state index contributed by atoms with van der Waals surface area (Å²) in [5.74, 6) is -0.351. The highest BCUT2D eigenvalue weighted by molar-refractivity contribution is 7.89. The third-order valence-corrected chi connectivity index (χ3v) is 6.79. The number of aliphatic hydroxyl groups is 1. The van der Waals surface area contributed by atoms with Crippen LogP contribution in [0.5, 0.6) is 0 Å². The summed E-state index contributed by atoms with van der Waals surface area (Å²) in [6.07, 6.45) is 1.68. The Morgan fingerprint density at radius 2 is 2.10 bits per heavy atom. The number of aliphatic hydroxyl groups excluding tert-OH is 1. The van der Waals surface area contributed by atoms with Crippen molar-refractivity contribution in [1.29, 1.82) is 0 Å². The zero-order valence-corrected chi connectivity index (χ0v) is 18.3. The predicted molar refractivity (Wildman–Crippen MR) is 111 cm³/mol. The molecule has 1 heterocycles. The van der Waals surface area contributed by atoms with E-state index < -0.39 is 10.0 Å². The lowest BCUT2D eigenvalue weighted by atomic mass is 10.1. The van der Waals surface area contributed by atoms with Gasteiger partial charge in [0, 0.05) is 51.3 Å². The Morgan fingerprint density at radius 3 is 2.66 bits per heavy atom. The molecule has 10 heteroatoms. The molecule has 0 atom stereocenters. The standard InChI is InChI=1S/C19H26ClFN4O3S/c1-13-16(11-15(21)6-8-22)18(7-9-26)25(23-13)12-14-4-5-19(17(20)10-14)29(27,28)24(2)3/h4-6,10,26H,7-9,11-12,22H2,1-3H3/b15-6-. The van der Waals surface area contributed by atoms with E-state index in [0.717, 1.165) is 9.87 Å². The number of aryl methyl sites for hydroxylation is 1. The summed E-state index contributed by atoms with van der Waals surface area (Å²) in [5, 5.41) is 14.0. The molecule has 29 heavy (non-hydrogen) atoms. The molecule has 160 valence electrons. The minimum atomic E-state index is -3.65. The average Bonchev–Trinajstić information content (AvgIpc) is 2.90. The Morgan fingerprint density at radius 1 is 1.41 bits per heavy atom. The van der Waals surface area contributed by atoms with Crippen LogP contribution in [0.2, 0.25) is 5.02 Å². The molecule has 0 radical (unpaired) electrons. The van der Waals surface area contributed by atoms with Crippen LogP contribution >= 0.6 is 11.6 Å². The second-order valence-electron chi connectivity index (χ2n) is 6.76. The van der Waals surface area contributed by atoms with Gasteiger partial charge in [0.15, 0.2) is 0 Å². The van der Waals surface area contributed by atoms with Crippen molar-refractivity contribution in [2.24, 2.45) is 5.73 Å². The fraction of sp³-hybridized carbons (Fsp3) is 0.421. The van der Waals surface area contributed by atoms with Crippen LogP contribution in [0.1, 0.15) is 22.5 Å². The zero-order chi connectivity index (χ0) is 21.8. The first-order valence-electron chi connectivity index (χ1n) is 9.03. The number of hydrogen-bond acceptors (Lipinski definition) is 5. The molecule has 0 aliphatic carbocycles. The van der Waals surface area contributed by atoms with Crippen LogP contribution in [0.25, 0.3) is 0 Å². The van der Waals surface area contributed by atoms with Gasteiger partial charge < -0.3 is 10.8 Å². The van der Waals surface area contributed by atoms with E-state index in [1.165, 1.54) is 26.2 Å². The van der Waals surface area contributed by atoms with Gasteiger partial charge in [-0.3, -0.25) is 4.68 Å². The van der Waals surface area contributed by atoms with E-state index in [9.17, 15) is 17.9 Å². The van der Waals surface area contributed by atoms with E-state index in [2.05, 4.69) is 5.10 Å². The van der Waals surface area contributed by atoms with Crippen LogP contribution < -0.4 is 5.73 Å². The molecule has 0 aliphatic rings. The molecule has 2 aromatic rings. The Hall–Kier alpha value is -1.78. The third-order valence-electron chi connectivity index (χ3n) is 4.49. The van der Waals surface area contributed by atoms with Crippen LogP contribution in [-0.2, 0) is 29.4 Å². The molecule has 0 amide bonds. The van der Waals surface area contributed by atoms with E-state index in [4.69, 9.17) is 17.3 Å². The molecule has 7 nitrogen and oxygen atoms in total. The lowest BCUT2D eigenvalue weighted by Gasteiger charge is -2.14. The van der Waals surface area contributed by atoms with Crippen LogP contribution in [0.4, 0.5) is 4.39 Å². The quantitative estimate of drug-likeness (QED) is 0.616. The van der Waals surface area contributed by atoms with Crippen LogP contribution in [0.3, 0.4) is 0 Å². The molecular weight excluding hydrogens is 419 g/mol. The number of sulfonamides is 1. The van der Waals surface area contributed by atoms with E-state index in [0.29, 0.717) is 29.9 Å². The van der Waals surface area contributed by atoms with Crippen molar-refractivity contribution in [2.45, 2.75) is 31.2 Å². The number of rotatable bonds is 9. The molecule has 0 bridgehead atoms. The molecular formula is C19H26ClFN4O3S. The number of aromatic nitrogens is 2. The number of halogens is 2. The van der Waals surface area contributed by atoms with E-state index in [1.807, 2.05) is 0 Å². The van der Waals surface area contributed by atoms with Gasteiger partial charge in [-0.1, -0.05) is 17.7 Å². The van der Waals surface area contributed by atoms with Crippen molar-refractivity contribution in [3.8, 4) is 0 Å². The minimum Gasteiger partial charge on any atom is -0.396 e. The molecule has 0 saturated carbocycles. The second kappa shape index (κ2) is 9.82. The topological polar surface area (TPSA) is 101 Å². The second-order valence-corrected chi connectivity index (χ2v) is 9.29. The maximum atomic E-state index is 14.0. The maximum Gasteiger partial charge on any atom is 0.244 e. The minimum absolute atomic E-state index is 0.0230. The Kier molecular flexibility index (Phi) is 7.95. The lowest BCUT2D eigenvalue weighted by Crippen LogP contribution is -2.22. The summed E-state index contributed by atoms with van der Waals surface area (Å²) >= 11 is 6.22. The number of allylic oxidation sites excluding steroid dienone is 1. The molecule has 0 saturated heterocycles. The fourth-order valence-corrected chi connectivity index (χ4v) is 4.44. The molecule has 0 unspecified atom stereocenters. The van der Waals surface area contributed by atoms with Gasteiger partial charge in [0.1, 0.15) is 10.7 Å². The SMILES string of the molecule is Cc1nn(Cc2ccc(S(=O)(=O)N(C)C)c(Cl)c2)c(CCO)c1C/C(F)=C/CN. The van der Waals surface area contributed by atoms with Gasteiger partial charge in [0.25, 0.3) is 0 Å². The molecule has 2 rings (SSSR count). The monoisotopic (exact) mass is 444 g/mol. The Balaban J connectivity index is 2.39. The van der Waals surface area contributed by atoms with E-state index in [1.54, 1.807) is 23.7 Å². The fourth-order valence-electron chi connectivity index (χ4n) is 3.00. The molecule has 0 fully saturated rings. The number of benzene rings is 1. The molecule has 1 aromatic heterocycles. The van der Waals surface area contributed by atoms with Gasteiger partial charge in [-0.2, -0.15) is 5.10 Å². The van der Waals surface area contributed by atoms with Crippen molar-refractivity contribution in [2.75, 3.05) is 27.2 Å². The Labute approximate surface area is 175 Å². The van der Waals surface area contributed by atoms with Crippen LogP contribution in [0, 0.1) is 6.92 Å². The van der Waals surface area contributed by atoms with E-state index >= 15 is 0 Å². The first kappa shape index (κ1) is 23.5. The summed E-state index contributed by atoms with van der Waals surface area (Å²) in [5.41, 5.74) is 8.18. The summed E-state index contributed by atoms with van der Waals surface area (Å²) in [4.78, 5) is 0.0230. The van der Waals surface area contributed by atoms with Gasteiger partial charge in [0.2, 0.25) is 10.0 Å². The summed E-state index contributed by atoms with van der Waals surface area (Å²) < 4.78 is 41.4. The van der Waals surface area contributed by atoms with Crippen molar-refractivity contribution in [3.05, 3.63) is 57.6 Å². The van der Waals surface area contributed by atoms with E-state index in [-0.39, 0.29) is 35.3 Å². The van der Waals surface area contributed by atoms with Crippen molar-refractivity contribution < 1.29 is 17.9 Å². The third kappa shape index (κ3) is 5.43. The molecule has 0 aliphatic heterocycles. The first-order chi connectivity index (χ1) is 13.6. The summed E-state index contributed by atoms with van der Waals surface area (Å²) in [6.45, 7) is 2.08. The van der Waals surface area contributed by atoms with Gasteiger partial charge in [-0.05, 0) is 30.7 Å². The smallest absolute Gasteiger partial charge is 0.244 e. The van der Waals surface area contributed by atoms with Crippen molar-refractivity contribution >= 4 is 21.6 Å². The zero-order valence-electron chi connectivity index (χ0n) is 16.7. The first-order valence-corrected chi connectivity index (χ1v) is 10.8. The molecule has 0 spiro atoms. The van der Waals surface area contributed by atoms with Crippen molar-refractivity contribution in [3.63, 3.8) is 0 Å². The average molecular weight is 445 g/mol. The number of nitrogens with zero attached hydrogens (tertiary/aromatic N) is 3. The number of hydrogen-bond donors (Lipinski definition) is 2. The normalized spacial score (nSPS) is 12.8. The molecule has 3 N–H and O–H groups in total. The summed E-state index contributed by atoms with van der Waals surface area (Å²) in [6, 6.07) is 4.70. The highest BCUT2D eigenvalue weighted by atomic mass is 35.5. The highest BCUT2D eigenvalue weighted by Crippen LogP contribution is 2.26. The maximum absolute atomic E-state index is 14.0. The number of nitrogens with two attached hydrogens (primary N) is 1. The lowest BCUT2D eigenvalue weighted by molar-refractivity contribution is 0.295. The Bertz CT molecular complexity index is 1000. The summed E-state index contributed by atoms with van der Waals surface area (Å²) in [7, 11) is -0.773.